The predicted molar refractivity (Wildman–Crippen MR) is 86.8 cm³/mol. The van der Waals surface area contributed by atoms with Crippen LogP contribution in [0, 0.1) is 6.92 Å². The van der Waals surface area contributed by atoms with Gasteiger partial charge in [-0.1, -0.05) is 13.0 Å². The second kappa shape index (κ2) is 7.46. The highest BCUT2D eigenvalue weighted by molar-refractivity contribution is 7.07. The van der Waals surface area contributed by atoms with Crippen molar-refractivity contribution >= 4 is 11.3 Å². The number of hydrogen-bond donors (Lipinski definition) is 1. The van der Waals surface area contributed by atoms with Crippen LogP contribution in [0.2, 0.25) is 0 Å². The molecule has 1 atom stereocenters. The predicted octanol–water partition coefficient (Wildman–Crippen LogP) is 4.35. The maximum absolute atomic E-state index is 5.30. The number of nitrogens with one attached hydrogen (secondary N) is 1. The molecule has 0 aliphatic rings. The van der Waals surface area contributed by atoms with Crippen molar-refractivity contribution in [3.8, 4) is 5.75 Å². The van der Waals surface area contributed by atoms with E-state index in [0.717, 1.165) is 25.1 Å². The van der Waals surface area contributed by atoms with E-state index in [0.29, 0.717) is 6.04 Å². The number of rotatable bonds is 7. The third-order valence-corrected chi connectivity index (χ3v) is 4.25. The van der Waals surface area contributed by atoms with E-state index in [2.05, 4.69) is 54.2 Å². The summed E-state index contributed by atoms with van der Waals surface area (Å²) < 4.78 is 5.30. The molecule has 1 heterocycles. The molecular formula is C17H23NOS. The Labute approximate surface area is 125 Å². The Hall–Kier alpha value is -1.32. The molecule has 2 aromatic rings. The molecule has 0 saturated carbocycles. The van der Waals surface area contributed by atoms with Crippen LogP contribution in [-0.2, 0) is 6.42 Å². The van der Waals surface area contributed by atoms with Gasteiger partial charge in [-0.05, 0) is 72.0 Å². The lowest BCUT2D eigenvalue weighted by Gasteiger charge is -2.21. The van der Waals surface area contributed by atoms with Crippen molar-refractivity contribution in [1.29, 1.82) is 0 Å². The Bertz CT molecular complexity index is 522. The molecule has 0 aliphatic carbocycles. The smallest absolute Gasteiger partial charge is 0.119 e. The lowest BCUT2D eigenvalue weighted by Crippen LogP contribution is -2.24. The van der Waals surface area contributed by atoms with Gasteiger partial charge in [0.1, 0.15) is 5.75 Å². The minimum Gasteiger partial charge on any atom is -0.497 e. The lowest BCUT2D eigenvalue weighted by molar-refractivity contribution is 0.413. The second-order valence-corrected chi connectivity index (χ2v) is 5.84. The lowest BCUT2D eigenvalue weighted by atomic mass is 9.96. The van der Waals surface area contributed by atoms with Gasteiger partial charge in [0, 0.05) is 6.04 Å². The molecule has 1 aromatic carbocycles. The molecule has 0 spiro atoms. The molecule has 0 fully saturated rings. The summed E-state index contributed by atoms with van der Waals surface area (Å²) in [4.78, 5) is 0. The van der Waals surface area contributed by atoms with Crippen LogP contribution in [0.5, 0.6) is 5.75 Å². The molecule has 0 amide bonds. The maximum Gasteiger partial charge on any atom is 0.119 e. The first kappa shape index (κ1) is 15.1. The van der Waals surface area contributed by atoms with Gasteiger partial charge in [-0.15, -0.1) is 0 Å². The molecule has 2 nitrogen and oxygen atoms in total. The van der Waals surface area contributed by atoms with E-state index < -0.39 is 0 Å². The average Bonchev–Trinajstić information content (AvgIpc) is 2.96. The Kier molecular flexibility index (Phi) is 5.62. The molecule has 20 heavy (non-hydrogen) atoms. The molecule has 1 aromatic heterocycles. The third-order valence-electron chi connectivity index (χ3n) is 3.51. The summed E-state index contributed by atoms with van der Waals surface area (Å²) in [7, 11) is 1.71. The molecular weight excluding hydrogens is 266 g/mol. The van der Waals surface area contributed by atoms with Gasteiger partial charge in [-0.3, -0.25) is 0 Å². The number of benzene rings is 1. The average molecular weight is 289 g/mol. The van der Waals surface area contributed by atoms with E-state index >= 15 is 0 Å². The fraction of sp³-hybridized carbons (Fsp3) is 0.412. The summed E-state index contributed by atoms with van der Waals surface area (Å²) in [5.74, 6) is 0.927. The van der Waals surface area contributed by atoms with E-state index in [4.69, 9.17) is 4.74 Å². The van der Waals surface area contributed by atoms with Crippen LogP contribution in [0.25, 0.3) is 0 Å². The van der Waals surface area contributed by atoms with Crippen molar-refractivity contribution in [2.75, 3.05) is 13.7 Å². The quantitative estimate of drug-likeness (QED) is 0.818. The van der Waals surface area contributed by atoms with Crippen LogP contribution in [0.15, 0.2) is 35.0 Å². The largest absolute Gasteiger partial charge is 0.497 e. The summed E-state index contributed by atoms with van der Waals surface area (Å²) >= 11 is 1.76. The van der Waals surface area contributed by atoms with Crippen molar-refractivity contribution in [1.82, 2.24) is 5.32 Å². The molecule has 0 aliphatic heterocycles. The number of thiophene rings is 1. The zero-order chi connectivity index (χ0) is 14.4. The van der Waals surface area contributed by atoms with Gasteiger partial charge in [0.05, 0.1) is 7.11 Å². The Morgan fingerprint density at radius 1 is 1.30 bits per heavy atom. The zero-order valence-electron chi connectivity index (χ0n) is 12.5. The second-order valence-electron chi connectivity index (χ2n) is 5.06. The van der Waals surface area contributed by atoms with Crippen LogP contribution in [0.3, 0.4) is 0 Å². The first-order chi connectivity index (χ1) is 9.74. The maximum atomic E-state index is 5.30. The first-order valence-electron chi connectivity index (χ1n) is 7.13. The van der Waals surface area contributed by atoms with Crippen LogP contribution in [0.4, 0.5) is 0 Å². The summed E-state index contributed by atoms with van der Waals surface area (Å²) in [6.45, 7) is 5.40. The van der Waals surface area contributed by atoms with E-state index in [-0.39, 0.29) is 0 Å². The van der Waals surface area contributed by atoms with Crippen molar-refractivity contribution in [3.05, 3.63) is 51.7 Å². The minimum absolute atomic E-state index is 0.371. The standard InChI is InChI=1S/C17H23NOS/c1-4-8-18-17(11-14-7-9-20-12-14)16-6-5-15(19-3)10-13(16)2/h5-7,9-10,12,17-18H,4,8,11H2,1-3H3. The van der Waals surface area contributed by atoms with Crippen molar-refractivity contribution < 1.29 is 4.74 Å². The van der Waals surface area contributed by atoms with E-state index in [1.807, 2.05) is 0 Å². The zero-order valence-corrected chi connectivity index (χ0v) is 13.3. The minimum atomic E-state index is 0.371. The number of methoxy groups -OCH3 is 1. The highest BCUT2D eigenvalue weighted by atomic mass is 32.1. The summed E-state index contributed by atoms with van der Waals surface area (Å²) in [6, 6.07) is 8.94. The van der Waals surface area contributed by atoms with Crippen LogP contribution in [-0.4, -0.2) is 13.7 Å². The fourth-order valence-electron chi connectivity index (χ4n) is 2.42. The summed E-state index contributed by atoms with van der Waals surface area (Å²) in [6.07, 6.45) is 2.19. The highest BCUT2D eigenvalue weighted by Crippen LogP contribution is 2.26. The van der Waals surface area contributed by atoms with Gasteiger partial charge in [-0.2, -0.15) is 11.3 Å². The summed E-state index contributed by atoms with van der Waals surface area (Å²) in [5.41, 5.74) is 4.05. The molecule has 1 N–H and O–H groups in total. The van der Waals surface area contributed by atoms with Crippen LogP contribution >= 0.6 is 11.3 Å². The molecule has 3 heteroatoms. The van der Waals surface area contributed by atoms with Crippen LogP contribution in [0.1, 0.15) is 36.1 Å². The number of ether oxygens (including phenoxy) is 1. The first-order valence-corrected chi connectivity index (χ1v) is 8.08. The van der Waals surface area contributed by atoms with Crippen molar-refractivity contribution in [2.24, 2.45) is 0 Å². The number of hydrogen-bond acceptors (Lipinski definition) is 3. The fourth-order valence-corrected chi connectivity index (χ4v) is 3.10. The normalized spacial score (nSPS) is 12.3. The molecule has 1 unspecified atom stereocenters. The highest BCUT2D eigenvalue weighted by Gasteiger charge is 2.14. The summed E-state index contributed by atoms with van der Waals surface area (Å²) in [5, 5.41) is 8.05. The van der Waals surface area contributed by atoms with Gasteiger partial charge >= 0.3 is 0 Å². The third kappa shape index (κ3) is 3.84. The Morgan fingerprint density at radius 2 is 2.15 bits per heavy atom. The van der Waals surface area contributed by atoms with Gasteiger partial charge in [-0.25, -0.2) is 0 Å². The van der Waals surface area contributed by atoms with E-state index in [9.17, 15) is 0 Å². The SMILES string of the molecule is CCCNC(Cc1ccsc1)c1ccc(OC)cc1C. The number of aryl methyl sites for hydroxylation is 1. The molecule has 0 saturated heterocycles. The van der Waals surface area contributed by atoms with E-state index in [1.165, 1.54) is 16.7 Å². The Morgan fingerprint density at radius 3 is 2.75 bits per heavy atom. The van der Waals surface area contributed by atoms with Gasteiger partial charge in [0.15, 0.2) is 0 Å². The van der Waals surface area contributed by atoms with E-state index in [1.54, 1.807) is 18.4 Å². The molecule has 0 bridgehead atoms. The Balaban J connectivity index is 2.21. The van der Waals surface area contributed by atoms with Crippen LogP contribution < -0.4 is 10.1 Å². The van der Waals surface area contributed by atoms with Gasteiger partial charge in [0.25, 0.3) is 0 Å². The van der Waals surface area contributed by atoms with Gasteiger partial charge in [0.2, 0.25) is 0 Å². The van der Waals surface area contributed by atoms with Crippen molar-refractivity contribution in [2.45, 2.75) is 32.7 Å². The van der Waals surface area contributed by atoms with Gasteiger partial charge < -0.3 is 10.1 Å². The topological polar surface area (TPSA) is 21.3 Å². The molecule has 0 radical (unpaired) electrons. The molecule has 108 valence electrons. The van der Waals surface area contributed by atoms with Crippen molar-refractivity contribution in [3.63, 3.8) is 0 Å². The molecule has 2 rings (SSSR count). The monoisotopic (exact) mass is 289 g/mol.